The summed E-state index contributed by atoms with van der Waals surface area (Å²) in [6.45, 7) is 0. The lowest BCUT2D eigenvalue weighted by atomic mass is 10.1. The zero-order chi connectivity index (χ0) is 10.6. The molecule has 2 nitrogen and oxygen atoms in total. The van der Waals surface area contributed by atoms with Crippen molar-refractivity contribution in [1.29, 1.82) is 0 Å². The lowest BCUT2D eigenvalue weighted by Gasteiger charge is -2.05. The third kappa shape index (κ3) is 2.80. The van der Waals surface area contributed by atoms with E-state index in [1.54, 1.807) is 6.07 Å². The predicted molar refractivity (Wildman–Crippen MR) is 54.8 cm³/mol. The van der Waals surface area contributed by atoms with E-state index >= 15 is 0 Å². The fraction of sp³-hybridized carbons (Fsp3) is 0.300. The lowest BCUT2D eigenvalue weighted by molar-refractivity contribution is -0.107. The Kier molecular flexibility index (Phi) is 4.07. The highest BCUT2D eigenvalue weighted by Crippen LogP contribution is 2.27. The number of phenols is 1. The van der Waals surface area contributed by atoms with Crippen LogP contribution < -0.4 is 0 Å². The van der Waals surface area contributed by atoms with Gasteiger partial charge < -0.3 is 9.90 Å². The first-order valence-corrected chi connectivity index (χ1v) is 5.05. The van der Waals surface area contributed by atoms with Gasteiger partial charge in [-0.3, -0.25) is 0 Å². The van der Waals surface area contributed by atoms with Crippen LogP contribution in [-0.2, 0) is 11.2 Å². The van der Waals surface area contributed by atoms with Crippen LogP contribution >= 0.6 is 15.9 Å². The minimum atomic E-state index is -0.638. The minimum absolute atomic E-state index is 0.320. The van der Waals surface area contributed by atoms with E-state index in [1.165, 1.54) is 6.07 Å². The smallest absolute Gasteiger partial charge is 0.166 e. The second-order valence-corrected chi connectivity index (χ2v) is 3.87. The van der Waals surface area contributed by atoms with Crippen molar-refractivity contribution in [3.63, 3.8) is 0 Å². The maximum atomic E-state index is 13.0. The molecule has 0 radical (unpaired) electrons. The van der Waals surface area contributed by atoms with Crippen LogP contribution in [0, 0.1) is 5.82 Å². The van der Waals surface area contributed by atoms with Crippen molar-refractivity contribution in [2.45, 2.75) is 19.3 Å². The number of carbonyl (C=O) groups is 1. The van der Waals surface area contributed by atoms with E-state index in [2.05, 4.69) is 15.9 Å². The number of aromatic hydroxyl groups is 1. The van der Waals surface area contributed by atoms with Gasteiger partial charge in [0.2, 0.25) is 0 Å². The minimum Gasteiger partial charge on any atom is -0.505 e. The number of rotatable bonds is 4. The highest BCUT2D eigenvalue weighted by Gasteiger charge is 2.08. The Balaban J connectivity index is 2.79. The third-order valence-electron chi connectivity index (χ3n) is 1.88. The largest absolute Gasteiger partial charge is 0.505 e. The zero-order valence-corrected chi connectivity index (χ0v) is 9.05. The Labute approximate surface area is 89.9 Å². The Hall–Kier alpha value is -0.900. The maximum absolute atomic E-state index is 13.0. The SMILES string of the molecule is O=CCCCc1cc(Br)cc(F)c1O. The van der Waals surface area contributed by atoms with Gasteiger partial charge in [0, 0.05) is 10.9 Å². The van der Waals surface area contributed by atoms with Crippen LogP contribution in [0.25, 0.3) is 0 Å². The van der Waals surface area contributed by atoms with Gasteiger partial charge in [-0.25, -0.2) is 4.39 Å². The van der Waals surface area contributed by atoms with Crippen LogP contribution in [0.2, 0.25) is 0 Å². The van der Waals surface area contributed by atoms with Gasteiger partial charge in [0.25, 0.3) is 0 Å². The quantitative estimate of drug-likeness (QED) is 0.668. The molecule has 1 rings (SSSR count). The number of halogens is 2. The van der Waals surface area contributed by atoms with E-state index in [-0.39, 0.29) is 5.75 Å². The number of aryl methyl sites for hydroxylation is 1. The molecule has 0 unspecified atom stereocenters. The van der Waals surface area contributed by atoms with Gasteiger partial charge in [0.15, 0.2) is 11.6 Å². The average Bonchev–Trinajstić information content (AvgIpc) is 2.13. The summed E-state index contributed by atoms with van der Waals surface area (Å²) in [6, 6.07) is 2.86. The van der Waals surface area contributed by atoms with E-state index < -0.39 is 5.82 Å². The standard InChI is InChI=1S/C10H10BrFO2/c11-8-5-7(3-1-2-4-13)10(14)9(12)6-8/h4-6,14H,1-3H2. The molecule has 0 atom stereocenters. The van der Waals surface area contributed by atoms with E-state index in [0.29, 0.717) is 29.3 Å². The molecule has 0 aliphatic rings. The molecule has 4 heteroatoms. The molecule has 0 aliphatic heterocycles. The monoisotopic (exact) mass is 260 g/mol. The summed E-state index contributed by atoms with van der Waals surface area (Å²) in [5.41, 5.74) is 0.527. The van der Waals surface area contributed by atoms with Crippen molar-refractivity contribution < 1.29 is 14.3 Å². The first kappa shape index (κ1) is 11.2. The molecule has 0 spiro atoms. The topological polar surface area (TPSA) is 37.3 Å². The van der Waals surface area contributed by atoms with Crippen molar-refractivity contribution in [2.24, 2.45) is 0 Å². The first-order chi connectivity index (χ1) is 6.65. The molecule has 0 saturated heterocycles. The molecule has 76 valence electrons. The molecule has 0 aromatic heterocycles. The van der Waals surface area contributed by atoms with Crippen LogP contribution in [0.4, 0.5) is 4.39 Å². The van der Waals surface area contributed by atoms with Gasteiger partial charge in [-0.15, -0.1) is 0 Å². The second kappa shape index (κ2) is 5.10. The molecule has 0 saturated carbocycles. The highest BCUT2D eigenvalue weighted by atomic mass is 79.9. The third-order valence-corrected chi connectivity index (χ3v) is 2.33. The molecule has 1 aromatic rings. The molecule has 0 heterocycles. The van der Waals surface area contributed by atoms with Crippen LogP contribution in [-0.4, -0.2) is 11.4 Å². The molecule has 1 N–H and O–H groups in total. The van der Waals surface area contributed by atoms with Gasteiger partial charge in [-0.05, 0) is 30.5 Å². The summed E-state index contributed by atoms with van der Waals surface area (Å²) < 4.78 is 13.6. The molecule has 14 heavy (non-hydrogen) atoms. The van der Waals surface area contributed by atoms with Crippen molar-refractivity contribution in [3.8, 4) is 5.75 Å². The van der Waals surface area contributed by atoms with Crippen molar-refractivity contribution in [3.05, 3.63) is 28.0 Å². The first-order valence-electron chi connectivity index (χ1n) is 4.25. The Morgan fingerprint density at radius 2 is 2.21 bits per heavy atom. The Morgan fingerprint density at radius 1 is 1.50 bits per heavy atom. The summed E-state index contributed by atoms with van der Waals surface area (Å²) >= 11 is 3.14. The van der Waals surface area contributed by atoms with Gasteiger partial charge in [-0.1, -0.05) is 15.9 Å². The number of aldehydes is 1. The summed E-state index contributed by atoms with van der Waals surface area (Å²) in [7, 11) is 0. The number of carbonyl (C=O) groups excluding carboxylic acids is 1. The van der Waals surface area contributed by atoms with E-state index in [0.717, 1.165) is 6.29 Å². The van der Waals surface area contributed by atoms with Crippen molar-refractivity contribution in [2.75, 3.05) is 0 Å². The van der Waals surface area contributed by atoms with Crippen molar-refractivity contribution in [1.82, 2.24) is 0 Å². The summed E-state index contributed by atoms with van der Waals surface area (Å²) in [6.07, 6.45) is 2.35. The number of benzene rings is 1. The van der Waals surface area contributed by atoms with Gasteiger partial charge in [-0.2, -0.15) is 0 Å². The number of hydrogen-bond donors (Lipinski definition) is 1. The molecular weight excluding hydrogens is 251 g/mol. The number of unbranched alkanes of at least 4 members (excludes halogenated alkanes) is 1. The van der Waals surface area contributed by atoms with Crippen LogP contribution in [0.5, 0.6) is 5.75 Å². The average molecular weight is 261 g/mol. The van der Waals surface area contributed by atoms with E-state index in [1.807, 2.05) is 0 Å². The van der Waals surface area contributed by atoms with Crippen LogP contribution in [0.3, 0.4) is 0 Å². The summed E-state index contributed by atoms with van der Waals surface area (Å²) in [5.74, 6) is -0.959. The molecule has 0 aliphatic carbocycles. The van der Waals surface area contributed by atoms with Crippen molar-refractivity contribution >= 4 is 22.2 Å². The fourth-order valence-corrected chi connectivity index (χ4v) is 1.66. The second-order valence-electron chi connectivity index (χ2n) is 2.95. The summed E-state index contributed by atoms with van der Waals surface area (Å²) in [4.78, 5) is 10.1. The van der Waals surface area contributed by atoms with Crippen LogP contribution in [0.1, 0.15) is 18.4 Å². The normalized spacial score (nSPS) is 10.1. The van der Waals surface area contributed by atoms with Gasteiger partial charge >= 0.3 is 0 Å². The lowest BCUT2D eigenvalue weighted by Crippen LogP contribution is -1.90. The van der Waals surface area contributed by atoms with Gasteiger partial charge in [0.05, 0.1) is 0 Å². The number of phenolic OH excluding ortho intramolecular Hbond substituents is 1. The number of hydrogen-bond acceptors (Lipinski definition) is 2. The Bertz CT molecular complexity index is 339. The predicted octanol–water partition coefficient (Wildman–Crippen LogP) is 2.82. The molecule has 0 bridgehead atoms. The van der Waals surface area contributed by atoms with Gasteiger partial charge in [0.1, 0.15) is 6.29 Å². The molecule has 0 fully saturated rings. The summed E-state index contributed by atoms with van der Waals surface area (Å²) in [5, 5.41) is 9.34. The van der Waals surface area contributed by atoms with Crippen LogP contribution in [0.15, 0.2) is 16.6 Å². The fourth-order valence-electron chi connectivity index (χ4n) is 1.19. The Morgan fingerprint density at radius 3 is 2.86 bits per heavy atom. The molecule has 0 amide bonds. The molecular formula is C10H10BrFO2. The van der Waals surface area contributed by atoms with E-state index in [4.69, 9.17) is 0 Å². The molecule has 1 aromatic carbocycles. The highest BCUT2D eigenvalue weighted by molar-refractivity contribution is 9.10. The zero-order valence-electron chi connectivity index (χ0n) is 7.46. The maximum Gasteiger partial charge on any atom is 0.166 e. The van der Waals surface area contributed by atoms with E-state index in [9.17, 15) is 14.3 Å².